The smallest absolute Gasteiger partial charge is 0.225 e. The van der Waals surface area contributed by atoms with Crippen molar-refractivity contribution in [1.29, 1.82) is 0 Å². The van der Waals surface area contributed by atoms with E-state index in [4.69, 9.17) is 16.2 Å². The van der Waals surface area contributed by atoms with Crippen LogP contribution in [0.5, 0.6) is 5.75 Å². The van der Waals surface area contributed by atoms with Crippen molar-refractivity contribution in [2.75, 3.05) is 12.9 Å². The van der Waals surface area contributed by atoms with E-state index >= 15 is 0 Å². The number of hydrogen-bond donors (Lipinski definition) is 2. The van der Waals surface area contributed by atoms with Gasteiger partial charge in [0.2, 0.25) is 5.91 Å². The van der Waals surface area contributed by atoms with Crippen molar-refractivity contribution < 1.29 is 9.53 Å². The zero-order valence-corrected chi connectivity index (χ0v) is 18.2. The molecule has 8 heteroatoms. The first-order valence-electron chi connectivity index (χ1n) is 9.22. The maximum absolute atomic E-state index is 12.2. The van der Waals surface area contributed by atoms with Crippen LogP contribution in [0.2, 0.25) is 0 Å². The van der Waals surface area contributed by atoms with Crippen LogP contribution in [0, 0.1) is 0 Å². The van der Waals surface area contributed by atoms with Gasteiger partial charge in [-0.15, -0.1) is 11.3 Å². The Labute approximate surface area is 177 Å². The zero-order valence-electron chi connectivity index (χ0n) is 15.8. The lowest BCUT2D eigenvalue weighted by Gasteiger charge is -2.18. The fourth-order valence-corrected chi connectivity index (χ4v) is 6.90. The molecule has 1 amide bonds. The number of nitrogens with two attached hydrogens (primary N) is 2. The highest BCUT2D eigenvalue weighted by Gasteiger charge is 2.24. The van der Waals surface area contributed by atoms with Gasteiger partial charge in [0.1, 0.15) is 11.6 Å². The van der Waals surface area contributed by atoms with Crippen LogP contribution < -0.4 is 16.2 Å². The van der Waals surface area contributed by atoms with E-state index in [0.717, 1.165) is 23.3 Å². The second-order valence-electron chi connectivity index (χ2n) is 6.62. The Hall–Kier alpha value is -1.64. The molecule has 2 aromatic rings. The minimum Gasteiger partial charge on any atom is -0.496 e. The summed E-state index contributed by atoms with van der Waals surface area (Å²) in [6.07, 6.45) is 4.01. The number of hydrogen-bond acceptors (Lipinski definition) is 6. The van der Waals surface area contributed by atoms with Crippen molar-refractivity contribution >= 4 is 50.4 Å². The van der Waals surface area contributed by atoms with Crippen LogP contribution in [0.1, 0.15) is 42.0 Å². The lowest BCUT2D eigenvalue weighted by molar-refractivity contribution is -0.119. The average Bonchev–Trinajstić information content (AvgIpc) is 3.39. The molecule has 1 aliphatic rings. The van der Waals surface area contributed by atoms with Crippen LogP contribution in [-0.2, 0) is 4.79 Å². The Morgan fingerprint density at radius 3 is 2.86 bits per heavy atom. The molecule has 2 unspecified atom stereocenters. The second kappa shape index (κ2) is 10.2. The molecule has 4 N–H and O–H groups in total. The molecule has 1 aliphatic heterocycles. The minimum atomic E-state index is -0.396. The number of rotatable bonds is 9. The third kappa shape index (κ3) is 5.46. The molecule has 0 spiro atoms. The summed E-state index contributed by atoms with van der Waals surface area (Å²) in [6, 6.07) is 9.41. The summed E-state index contributed by atoms with van der Waals surface area (Å²) in [5, 5.41) is 2.64. The average molecular weight is 436 g/mol. The first-order chi connectivity index (χ1) is 13.6. The summed E-state index contributed by atoms with van der Waals surface area (Å²) >= 11 is 1.54. The number of carbonyl (C=O) groups is 1. The van der Waals surface area contributed by atoms with Gasteiger partial charge in [-0.1, -0.05) is 34.1 Å². The van der Waals surface area contributed by atoms with Gasteiger partial charge in [0.15, 0.2) is 0 Å². The van der Waals surface area contributed by atoms with E-state index in [-0.39, 0.29) is 5.91 Å². The van der Waals surface area contributed by atoms with E-state index < -0.39 is 5.92 Å². The number of carbonyl (C=O) groups excluding carboxylic acids is 1. The molecule has 1 saturated heterocycles. The number of primary amides is 1. The quantitative estimate of drug-likeness (QED) is 0.339. The fraction of sp³-hybridized carbons (Fsp3) is 0.400. The molecular weight excluding hydrogens is 410 g/mol. The summed E-state index contributed by atoms with van der Waals surface area (Å²) in [5.41, 5.74) is 13.3. The highest BCUT2D eigenvalue weighted by atomic mass is 33.1. The number of benzene rings is 1. The number of nitrogens with zero attached hydrogens (tertiary/aromatic N) is 1. The molecule has 0 aliphatic carbocycles. The molecule has 1 aromatic carbocycles. The third-order valence-corrected chi connectivity index (χ3v) is 8.60. The van der Waals surface area contributed by atoms with Crippen molar-refractivity contribution in [3.8, 4) is 5.75 Å². The molecule has 0 bridgehead atoms. The first kappa shape index (κ1) is 21.1. The second-order valence-corrected chi connectivity index (χ2v) is 10.4. The normalized spacial score (nSPS) is 18.2. The number of aliphatic imine (C=N–C) groups is 1. The first-order valence-corrected chi connectivity index (χ1v) is 12.5. The van der Waals surface area contributed by atoms with Crippen molar-refractivity contribution in [3.63, 3.8) is 0 Å². The predicted octanol–water partition coefficient (Wildman–Crippen LogP) is 4.69. The molecule has 3 rings (SSSR count). The molecule has 1 fully saturated rings. The predicted molar refractivity (Wildman–Crippen MR) is 122 cm³/mol. The van der Waals surface area contributed by atoms with Crippen LogP contribution in [0.25, 0.3) is 0 Å². The summed E-state index contributed by atoms with van der Waals surface area (Å²) in [4.78, 5) is 17.6. The van der Waals surface area contributed by atoms with Crippen molar-refractivity contribution in [3.05, 3.63) is 46.2 Å². The molecule has 2 heterocycles. The van der Waals surface area contributed by atoms with Gasteiger partial charge >= 0.3 is 0 Å². The zero-order chi connectivity index (χ0) is 19.9. The molecule has 28 heavy (non-hydrogen) atoms. The SMILES string of the molecule is COc1ccc(N=C(N)c2cccs2)cc1C(CCCC1CCSS1)C(N)=O. The van der Waals surface area contributed by atoms with Crippen LogP contribution in [-0.4, -0.2) is 29.9 Å². The summed E-state index contributed by atoms with van der Waals surface area (Å²) in [5.74, 6) is 1.60. The standard InChI is InChI=1S/C20H25N3O2S3/c1-25-17-8-7-13(23-19(21)18-6-3-10-26-18)12-16(17)15(20(22)24)5-2-4-14-9-11-27-28-14/h3,6-8,10,12,14-15H,2,4-5,9,11H2,1H3,(H2,21,23)(H2,22,24). The van der Waals surface area contributed by atoms with Crippen LogP contribution >= 0.6 is 32.9 Å². The van der Waals surface area contributed by atoms with Gasteiger partial charge in [-0.2, -0.15) is 0 Å². The topological polar surface area (TPSA) is 90.7 Å². The highest BCUT2D eigenvalue weighted by molar-refractivity contribution is 8.77. The summed E-state index contributed by atoms with van der Waals surface area (Å²) in [7, 11) is 5.50. The Kier molecular flexibility index (Phi) is 7.70. The molecule has 0 radical (unpaired) electrons. The highest BCUT2D eigenvalue weighted by Crippen LogP contribution is 2.41. The van der Waals surface area contributed by atoms with Gasteiger partial charge in [0.25, 0.3) is 0 Å². The number of thiophene rings is 1. The Morgan fingerprint density at radius 1 is 1.36 bits per heavy atom. The van der Waals surface area contributed by atoms with E-state index in [0.29, 0.717) is 28.9 Å². The minimum absolute atomic E-state index is 0.334. The van der Waals surface area contributed by atoms with Gasteiger partial charge in [-0.05, 0) is 48.9 Å². The van der Waals surface area contributed by atoms with Crippen LogP contribution in [0.4, 0.5) is 5.69 Å². The van der Waals surface area contributed by atoms with Gasteiger partial charge in [0, 0.05) is 16.6 Å². The lowest BCUT2D eigenvalue weighted by Crippen LogP contribution is -2.22. The third-order valence-electron chi connectivity index (χ3n) is 4.70. The molecule has 0 saturated carbocycles. The molecule has 5 nitrogen and oxygen atoms in total. The van der Waals surface area contributed by atoms with E-state index in [1.165, 1.54) is 23.5 Å². The summed E-state index contributed by atoms with van der Waals surface area (Å²) in [6.45, 7) is 0. The van der Waals surface area contributed by atoms with Crippen LogP contribution in [0.3, 0.4) is 0 Å². The largest absolute Gasteiger partial charge is 0.496 e. The fourth-order valence-electron chi connectivity index (χ4n) is 3.25. The Morgan fingerprint density at radius 2 is 2.21 bits per heavy atom. The number of methoxy groups -OCH3 is 1. The van der Waals surface area contributed by atoms with E-state index in [9.17, 15) is 4.79 Å². The van der Waals surface area contributed by atoms with E-state index in [2.05, 4.69) is 4.99 Å². The van der Waals surface area contributed by atoms with Gasteiger partial charge in [-0.25, -0.2) is 4.99 Å². The van der Waals surface area contributed by atoms with Gasteiger partial charge in [0.05, 0.1) is 23.6 Å². The molecular formula is C20H25N3O2S3. The summed E-state index contributed by atoms with van der Waals surface area (Å²) < 4.78 is 5.50. The van der Waals surface area contributed by atoms with Crippen LogP contribution in [0.15, 0.2) is 40.7 Å². The van der Waals surface area contributed by atoms with E-state index in [1.54, 1.807) is 7.11 Å². The van der Waals surface area contributed by atoms with Crippen molar-refractivity contribution in [1.82, 2.24) is 0 Å². The maximum atomic E-state index is 12.2. The van der Waals surface area contributed by atoms with Crippen molar-refractivity contribution in [2.45, 2.75) is 36.9 Å². The molecule has 150 valence electrons. The number of amides is 1. The monoisotopic (exact) mass is 435 g/mol. The Balaban J connectivity index is 1.79. The Bertz CT molecular complexity index is 818. The van der Waals surface area contributed by atoms with Crippen molar-refractivity contribution in [2.24, 2.45) is 16.5 Å². The van der Waals surface area contributed by atoms with Gasteiger partial charge < -0.3 is 16.2 Å². The molecule has 1 aromatic heterocycles. The number of ether oxygens (including phenoxy) is 1. The maximum Gasteiger partial charge on any atom is 0.225 e. The molecule has 2 atom stereocenters. The van der Waals surface area contributed by atoms with Gasteiger partial charge in [-0.3, -0.25) is 4.79 Å². The van der Waals surface area contributed by atoms with E-state index in [1.807, 2.05) is 57.3 Å². The lowest BCUT2D eigenvalue weighted by atomic mass is 9.91. The number of amidine groups is 1.